The number of aryl methyl sites for hydroxylation is 2. The van der Waals surface area contributed by atoms with E-state index < -0.39 is 5.97 Å². The maximum absolute atomic E-state index is 11.8. The summed E-state index contributed by atoms with van der Waals surface area (Å²) in [5.74, 6) is 0.443. The molecule has 2 aromatic heterocycles. The zero-order valence-electron chi connectivity index (χ0n) is 11.5. The summed E-state index contributed by atoms with van der Waals surface area (Å²) < 4.78 is 8.50. The molecule has 0 saturated carbocycles. The van der Waals surface area contributed by atoms with Crippen molar-refractivity contribution < 1.29 is 9.53 Å². The zero-order valence-corrected chi connectivity index (χ0v) is 11.5. The Labute approximate surface area is 111 Å². The molecule has 2 heterocycles. The molecule has 7 heteroatoms. The van der Waals surface area contributed by atoms with E-state index >= 15 is 0 Å². The van der Waals surface area contributed by atoms with Gasteiger partial charge < -0.3 is 9.30 Å². The lowest BCUT2D eigenvalue weighted by Gasteiger charge is -2.07. The Morgan fingerprint density at radius 1 is 1.37 bits per heavy atom. The highest BCUT2D eigenvalue weighted by Crippen LogP contribution is 2.11. The van der Waals surface area contributed by atoms with Gasteiger partial charge in [-0.2, -0.15) is 5.10 Å². The van der Waals surface area contributed by atoms with Crippen LogP contribution < -0.4 is 0 Å². The summed E-state index contributed by atoms with van der Waals surface area (Å²) in [6, 6.07) is 0. The summed E-state index contributed by atoms with van der Waals surface area (Å²) >= 11 is 0. The van der Waals surface area contributed by atoms with Crippen LogP contribution in [0.2, 0.25) is 0 Å². The van der Waals surface area contributed by atoms with Gasteiger partial charge in [0, 0.05) is 18.3 Å². The number of hydrogen-bond acceptors (Lipinski definition) is 5. The van der Waals surface area contributed by atoms with Gasteiger partial charge >= 0.3 is 5.97 Å². The molecule has 2 aromatic rings. The lowest BCUT2D eigenvalue weighted by Crippen LogP contribution is -2.15. The number of carbonyl (C=O) groups excluding carboxylic acids is 1. The first-order valence-corrected chi connectivity index (χ1v) is 6.09. The molecule has 0 radical (unpaired) electrons. The molecule has 0 aliphatic rings. The molecule has 0 unspecified atom stereocenters. The van der Waals surface area contributed by atoms with E-state index in [0.29, 0.717) is 19.0 Å². The maximum atomic E-state index is 11.8. The van der Waals surface area contributed by atoms with Gasteiger partial charge in [0.15, 0.2) is 0 Å². The van der Waals surface area contributed by atoms with Crippen molar-refractivity contribution in [2.75, 3.05) is 6.61 Å². The molecule has 0 aromatic carbocycles. The minimum atomic E-state index is -0.454. The second kappa shape index (κ2) is 5.21. The summed E-state index contributed by atoms with van der Waals surface area (Å²) in [4.78, 5) is 11.8. The van der Waals surface area contributed by atoms with E-state index in [1.54, 1.807) is 29.3 Å². The highest BCUT2D eigenvalue weighted by molar-refractivity contribution is 5.85. The predicted molar refractivity (Wildman–Crippen MR) is 67.8 cm³/mol. The smallest absolute Gasteiger partial charge is 0.376 e. The second-order valence-corrected chi connectivity index (χ2v) is 4.26. The highest BCUT2D eigenvalue weighted by atomic mass is 16.5. The van der Waals surface area contributed by atoms with Crippen molar-refractivity contribution in [1.82, 2.24) is 24.5 Å². The van der Waals surface area contributed by atoms with E-state index in [1.807, 2.05) is 14.0 Å². The molecule has 0 aliphatic heterocycles. The number of nitrogens with zero attached hydrogens (tertiary/aromatic N) is 5. The lowest BCUT2D eigenvalue weighted by molar-refractivity contribution is 0.0506. The third-order valence-corrected chi connectivity index (χ3v) is 3.06. The summed E-state index contributed by atoms with van der Waals surface area (Å²) in [6.07, 6.45) is 1.78. The summed E-state index contributed by atoms with van der Waals surface area (Å²) in [5, 5.41) is 12.0. The SMILES string of the molecule is CCOC(=O)c1nnc(C)n1Cc1cnn(C)c1C. The minimum Gasteiger partial charge on any atom is -0.460 e. The molecule has 0 saturated heterocycles. The number of carbonyl (C=O) groups is 1. The van der Waals surface area contributed by atoms with Gasteiger partial charge in [-0.05, 0) is 20.8 Å². The molecule has 0 N–H and O–H groups in total. The van der Waals surface area contributed by atoms with Gasteiger partial charge in [0.05, 0.1) is 19.3 Å². The maximum Gasteiger partial charge on any atom is 0.376 e. The molecule has 0 bridgehead atoms. The molecule has 19 heavy (non-hydrogen) atoms. The van der Waals surface area contributed by atoms with Crippen LogP contribution in [0.4, 0.5) is 0 Å². The van der Waals surface area contributed by atoms with Crippen LogP contribution in [0.5, 0.6) is 0 Å². The minimum absolute atomic E-state index is 0.225. The Hall–Kier alpha value is -2.18. The number of rotatable bonds is 4. The van der Waals surface area contributed by atoms with Crippen LogP contribution in [0.1, 0.15) is 34.6 Å². The van der Waals surface area contributed by atoms with E-state index in [1.165, 1.54) is 0 Å². The van der Waals surface area contributed by atoms with Crippen molar-refractivity contribution in [2.45, 2.75) is 27.3 Å². The molecule has 2 rings (SSSR count). The number of hydrogen-bond donors (Lipinski definition) is 0. The summed E-state index contributed by atoms with van der Waals surface area (Å²) in [7, 11) is 1.88. The molecule has 0 fully saturated rings. The number of aromatic nitrogens is 5. The molecule has 0 aliphatic carbocycles. The molecule has 0 spiro atoms. The zero-order chi connectivity index (χ0) is 14.0. The fourth-order valence-electron chi connectivity index (χ4n) is 1.79. The van der Waals surface area contributed by atoms with Crippen molar-refractivity contribution in [3.63, 3.8) is 0 Å². The summed E-state index contributed by atoms with van der Waals surface area (Å²) in [5.41, 5.74) is 2.07. The number of ether oxygens (including phenoxy) is 1. The van der Waals surface area contributed by atoms with E-state index in [9.17, 15) is 4.79 Å². The van der Waals surface area contributed by atoms with Crippen molar-refractivity contribution in [3.05, 3.63) is 29.1 Å². The Kier molecular flexibility index (Phi) is 3.64. The molecule has 0 amide bonds. The lowest BCUT2D eigenvalue weighted by atomic mass is 10.2. The quantitative estimate of drug-likeness (QED) is 0.765. The van der Waals surface area contributed by atoms with Crippen LogP contribution in [0.25, 0.3) is 0 Å². The standard InChI is InChI=1S/C12H17N5O2/c1-5-19-12(18)11-15-14-9(3)17(11)7-10-6-13-16(4)8(10)2/h6H,5,7H2,1-4H3. The fraction of sp³-hybridized carbons (Fsp3) is 0.500. The van der Waals surface area contributed by atoms with E-state index in [4.69, 9.17) is 4.74 Å². The van der Waals surface area contributed by atoms with Gasteiger partial charge in [-0.1, -0.05) is 0 Å². The van der Waals surface area contributed by atoms with Crippen LogP contribution in [0, 0.1) is 13.8 Å². The Morgan fingerprint density at radius 3 is 2.68 bits per heavy atom. The van der Waals surface area contributed by atoms with Crippen molar-refractivity contribution >= 4 is 5.97 Å². The normalized spacial score (nSPS) is 10.7. The van der Waals surface area contributed by atoms with Crippen molar-refractivity contribution in [2.24, 2.45) is 7.05 Å². The van der Waals surface area contributed by atoms with Gasteiger partial charge in [-0.15, -0.1) is 10.2 Å². The average molecular weight is 263 g/mol. The van der Waals surface area contributed by atoms with E-state index in [2.05, 4.69) is 15.3 Å². The predicted octanol–water partition coefficient (Wildman–Crippen LogP) is 0.853. The Morgan fingerprint density at radius 2 is 2.11 bits per heavy atom. The third kappa shape index (κ3) is 2.49. The largest absolute Gasteiger partial charge is 0.460 e. The Balaban J connectivity index is 2.32. The second-order valence-electron chi connectivity index (χ2n) is 4.26. The molecule has 102 valence electrons. The monoisotopic (exact) mass is 263 g/mol. The average Bonchev–Trinajstić information content (AvgIpc) is 2.88. The van der Waals surface area contributed by atoms with Gasteiger partial charge in [-0.3, -0.25) is 4.68 Å². The first-order chi connectivity index (χ1) is 9.04. The molecule has 7 nitrogen and oxygen atoms in total. The van der Waals surface area contributed by atoms with Crippen LogP contribution in [0.3, 0.4) is 0 Å². The number of esters is 1. The molecular weight excluding hydrogens is 246 g/mol. The van der Waals surface area contributed by atoms with Crippen molar-refractivity contribution in [1.29, 1.82) is 0 Å². The molecule has 0 atom stereocenters. The highest BCUT2D eigenvalue weighted by Gasteiger charge is 2.19. The van der Waals surface area contributed by atoms with Gasteiger partial charge in [-0.25, -0.2) is 4.79 Å². The van der Waals surface area contributed by atoms with Gasteiger partial charge in [0.2, 0.25) is 5.82 Å². The third-order valence-electron chi connectivity index (χ3n) is 3.06. The van der Waals surface area contributed by atoms with Crippen LogP contribution in [-0.4, -0.2) is 37.1 Å². The van der Waals surface area contributed by atoms with Crippen LogP contribution in [0.15, 0.2) is 6.20 Å². The van der Waals surface area contributed by atoms with Gasteiger partial charge in [0.1, 0.15) is 5.82 Å². The van der Waals surface area contributed by atoms with Gasteiger partial charge in [0.25, 0.3) is 0 Å². The van der Waals surface area contributed by atoms with Crippen LogP contribution >= 0.6 is 0 Å². The van der Waals surface area contributed by atoms with Crippen LogP contribution in [-0.2, 0) is 18.3 Å². The molecular formula is C12H17N5O2. The topological polar surface area (TPSA) is 74.8 Å². The first-order valence-electron chi connectivity index (χ1n) is 6.09. The fourth-order valence-corrected chi connectivity index (χ4v) is 1.79. The van der Waals surface area contributed by atoms with E-state index in [-0.39, 0.29) is 5.82 Å². The van der Waals surface area contributed by atoms with Crippen molar-refractivity contribution in [3.8, 4) is 0 Å². The Bertz CT molecular complexity index is 599. The van der Waals surface area contributed by atoms with E-state index in [0.717, 1.165) is 11.3 Å². The summed E-state index contributed by atoms with van der Waals surface area (Å²) in [6.45, 7) is 6.37. The first kappa shape index (κ1) is 13.3.